The van der Waals surface area contributed by atoms with E-state index in [0.29, 0.717) is 5.69 Å². The Balaban J connectivity index is 2.45. The largest absolute Gasteiger partial charge is 0.465 e. The molecule has 3 heteroatoms. The molecule has 92 valence electrons. The van der Waals surface area contributed by atoms with Gasteiger partial charge in [0, 0.05) is 5.56 Å². The second kappa shape index (κ2) is 5.36. The van der Waals surface area contributed by atoms with Gasteiger partial charge in [-0.1, -0.05) is 49.4 Å². The van der Waals surface area contributed by atoms with Crippen molar-refractivity contribution in [3.05, 3.63) is 54.1 Å². The van der Waals surface area contributed by atoms with Crippen LogP contribution in [0.5, 0.6) is 0 Å². The van der Waals surface area contributed by atoms with Gasteiger partial charge in [0.05, 0.1) is 5.69 Å². The normalized spacial score (nSPS) is 10.1. The minimum Gasteiger partial charge on any atom is -0.465 e. The molecular weight excluding hydrogens is 226 g/mol. The predicted molar refractivity (Wildman–Crippen MR) is 72.9 cm³/mol. The van der Waals surface area contributed by atoms with Crippen LogP contribution >= 0.6 is 0 Å². The zero-order chi connectivity index (χ0) is 13.0. The van der Waals surface area contributed by atoms with Crippen molar-refractivity contribution >= 4 is 11.8 Å². The fraction of sp³-hybridized carbons (Fsp3) is 0.133. The van der Waals surface area contributed by atoms with Crippen LogP contribution in [0.15, 0.2) is 48.5 Å². The summed E-state index contributed by atoms with van der Waals surface area (Å²) in [5, 5.41) is 11.3. The van der Waals surface area contributed by atoms with E-state index < -0.39 is 6.09 Å². The first-order valence-corrected chi connectivity index (χ1v) is 5.89. The fourth-order valence-corrected chi connectivity index (χ4v) is 1.92. The third-order valence-electron chi connectivity index (χ3n) is 2.81. The molecule has 0 aliphatic heterocycles. The Bertz CT molecular complexity index is 564. The van der Waals surface area contributed by atoms with Gasteiger partial charge in [-0.05, 0) is 23.6 Å². The number of hydrogen-bond donors (Lipinski definition) is 2. The molecule has 0 saturated carbocycles. The van der Waals surface area contributed by atoms with Crippen molar-refractivity contribution in [3.8, 4) is 11.1 Å². The molecule has 0 fully saturated rings. The Morgan fingerprint density at radius 3 is 2.67 bits per heavy atom. The van der Waals surface area contributed by atoms with Gasteiger partial charge in [0.2, 0.25) is 0 Å². The molecule has 0 aromatic heterocycles. The van der Waals surface area contributed by atoms with Gasteiger partial charge in [-0.15, -0.1) is 0 Å². The molecule has 0 bridgehead atoms. The van der Waals surface area contributed by atoms with Gasteiger partial charge in [0.25, 0.3) is 0 Å². The number of hydrogen-bond acceptors (Lipinski definition) is 1. The first-order chi connectivity index (χ1) is 8.70. The summed E-state index contributed by atoms with van der Waals surface area (Å²) in [6, 6.07) is 15.5. The number of carbonyl (C=O) groups is 1. The molecule has 18 heavy (non-hydrogen) atoms. The van der Waals surface area contributed by atoms with Crippen LogP contribution in [0.4, 0.5) is 10.5 Å². The van der Waals surface area contributed by atoms with Gasteiger partial charge < -0.3 is 5.11 Å². The van der Waals surface area contributed by atoms with Crippen LogP contribution in [0.3, 0.4) is 0 Å². The molecule has 0 unspecified atom stereocenters. The summed E-state index contributed by atoms with van der Waals surface area (Å²) >= 11 is 0. The van der Waals surface area contributed by atoms with E-state index in [1.807, 2.05) is 30.3 Å². The zero-order valence-electron chi connectivity index (χ0n) is 10.2. The number of aryl methyl sites for hydroxylation is 1. The minimum atomic E-state index is -1.05. The van der Waals surface area contributed by atoms with Crippen molar-refractivity contribution in [1.29, 1.82) is 0 Å². The molecule has 0 aliphatic rings. The number of anilines is 1. The van der Waals surface area contributed by atoms with E-state index in [9.17, 15) is 4.79 Å². The maximum Gasteiger partial charge on any atom is 0.409 e. The summed E-state index contributed by atoms with van der Waals surface area (Å²) in [5.74, 6) is 0. The summed E-state index contributed by atoms with van der Waals surface area (Å²) < 4.78 is 0. The summed E-state index contributed by atoms with van der Waals surface area (Å²) in [6.45, 7) is 2.10. The van der Waals surface area contributed by atoms with Gasteiger partial charge >= 0.3 is 6.09 Å². The van der Waals surface area contributed by atoms with Crippen molar-refractivity contribution in [3.63, 3.8) is 0 Å². The molecule has 0 radical (unpaired) electrons. The maximum absolute atomic E-state index is 10.8. The second-order valence-corrected chi connectivity index (χ2v) is 4.03. The SMILES string of the molecule is CCc1cccc(-c2ccccc2NC(=O)O)c1. The first-order valence-electron chi connectivity index (χ1n) is 5.89. The Labute approximate surface area is 106 Å². The zero-order valence-corrected chi connectivity index (χ0v) is 10.2. The second-order valence-electron chi connectivity index (χ2n) is 4.03. The third-order valence-corrected chi connectivity index (χ3v) is 2.81. The number of benzene rings is 2. The van der Waals surface area contributed by atoms with Gasteiger partial charge in [0.15, 0.2) is 0 Å². The fourth-order valence-electron chi connectivity index (χ4n) is 1.92. The highest BCUT2D eigenvalue weighted by Gasteiger charge is 2.06. The highest BCUT2D eigenvalue weighted by molar-refractivity contribution is 5.90. The van der Waals surface area contributed by atoms with E-state index in [2.05, 4.69) is 24.4 Å². The van der Waals surface area contributed by atoms with Crippen LogP contribution in [0.25, 0.3) is 11.1 Å². The standard InChI is InChI=1S/C15H15NO2/c1-2-11-6-5-7-12(10-11)13-8-3-4-9-14(13)16-15(17)18/h3-10,16H,2H2,1H3,(H,17,18). The topological polar surface area (TPSA) is 49.3 Å². The molecule has 2 rings (SSSR count). The van der Waals surface area contributed by atoms with E-state index >= 15 is 0 Å². The molecular formula is C15H15NO2. The Morgan fingerprint density at radius 2 is 1.94 bits per heavy atom. The molecule has 0 heterocycles. The predicted octanol–water partition coefficient (Wildman–Crippen LogP) is 4.01. The number of carboxylic acid groups (broad SMARTS) is 1. The number of rotatable bonds is 3. The van der Waals surface area contributed by atoms with E-state index in [4.69, 9.17) is 5.11 Å². The van der Waals surface area contributed by atoms with Crippen LogP contribution in [0, 0.1) is 0 Å². The average molecular weight is 241 g/mol. The van der Waals surface area contributed by atoms with Crippen molar-refractivity contribution in [2.75, 3.05) is 5.32 Å². The highest BCUT2D eigenvalue weighted by atomic mass is 16.4. The average Bonchev–Trinajstić information content (AvgIpc) is 2.39. The Kier molecular flexibility index (Phi) is 3.63. The summed E-state index contributed by atoms with van der Waals surface area (Å²) in [4.78, 5) is 10.8. The molecule has 0 spiro atoms. The number of para-hydroxylation sites is 1. The monoisotopic (exact) mass is 241 g/mol. The van der Waals surface area contributed by atoms with Crippen molar-refractivity contribution < 1.29 is 9.90 Å². The summed E-state index contributed by atoms with van der Waals surface area (Å²) in [7, 11) is 0. The van der Waals surface area contributed by atoms with Crippen molar-refractivity contribution in [2.24, 2.45) is 0 Å². The van der Waals surface area contributed by atoms with E-state index in [1.165, 1.54) is 5.56 Å². The van der Waals surface area contributed by atoms with E-state index in [1.54, 1.807) is 6.07 Å². The van der Waals surface area contributed by atoms with Gasteiger partial charge in [0.1, 0.15) is 0 Å². The molecule has 2 aromatic carbocycles. The molecule has 1 amide bonds. The van der Waals surface area contributed by atoms with Crippen molar-refractivity contribution in [2.45, 2.75) is 13.3 Å². The summed E-state index contributed by atoms with van der Waals surface area (Å²) in [5.41, 5.74) is 3.77. The van der Waals surface area contributed by atoms with Crippen LogP contribution < -0.4 is 5.32 Å². The van der Waals surface area contributed by atoms with Crippen molar-refractivity contribution in [1.82, 2.24) is 0 Å². The quantitative estimate of drug-likeness (QED) is 0.853. The lowest BCUT2D eigenvalue weighted by Gasteiger charge is -2.10. The molecule has 0 atom stereocenters. The van der Waals surface area contributed by atoms with Crippen LogP contribution in [0.2, 0.25) is 0 Å². The van der Waals surface area contributed by atoms with Crippen LogP contribution in [0.1, 0.15) is 12.5 Å². The lowest BCUT2D eigenvalue weighted by atomic mass is 10.0. The van der Waals surface area contributed by atoms with Gasteiger partial charge in [-0.3, -0.25) is 5.32 Å². The van der Waals surface area contributed by atoms with Crippen LogP contribution in [-0.4, -0.2) is 11.2 Å². The Morgan fingerprint density at radius 1 is 1.17 bits per heavy atom. The lowest BCUT2D eigenvalue weighted by molar-refractivity contribution is 0.210. The highest BCUT2D eigenvalue weighted by Crippen LogP contribution is 2.28. The maximum atomic E-state index is 10.8. The Hall–Kier alpha value is -2.29. The molecule has 0 aliphatic carbocycles. The lowest BCUT2D eigenvalue weighted by Crippen LogP contribution is -2.08. The minimum absolute atomic E-state index is 0.609. The van der Waals surface area contributed by atoms with Crippen LogP contribution in [-0.2, 0) is 6.42 Å². The van der Waals surface area contributed by atoms with Gasteiger partial charge in [-0.2, -0.15) is 0 Å². The molecule has 3 nitrogen and oxygen atoms in total. The van der Waals surface area contributed by atoms with E-state index in [0.717, 1.165) is 17.5 Å². The molecule has 2 aromatic rings. The third kappa shape index (κ3) is 2.69. The first kappa shape index (κ1) is 12.2. The number of nitrogens with one attached hydrogen (secondary N) is 1. The summed E-state index contributed by atoms with van der Waals surface area (Å²) in [6.07, 6.45) is -0.0865. The number of amides is 1. The molecule has 2 N–H and O–H groups in total. The molecule has 0 saturated heterocycles. The van der Waals surface area contributed by atoms with Gasteiger partial charge in [-0.25, -0.2) is 4.79 Å². The van der Waals surface area contributed by atoms with E-state index in [-0.39, 0.29) is 0 Å². The smallest absolute Gasteiger partial charge is 0.409 e.